The van der Waals surface area contributed by atoms with Crippen molar-refractivity contribution in [1.29, 1.82) is 0 Å². The average molecular weight is 362 g/mol. The molecule has 6 nitrogen and oxygen atoms in total. The zero-order chi connectivity index (χ0) is 17.7. The largest absolute Gasteiger partial charge is 0.479 e. The number of carbonyl (C=O) groups is 2. The molecular weight excluding hydrogens is 342 g/mol. The summed E-state index contributed by atoms with van der Waals surface area (Å²) in [5.74, 6) is -1.81. The number of rotatable bonds is 8. The summed E-state index contributed by atoms with van der Waals surface area (Å²) in [6.07, 6.45) is 1.31. The first-order chi connectivity index (χ1) is 10.6. The lowest BCUT2D eigenvalue weighted by molar-refractivity contribution is -0.148. The van der Waals surface area contributed by atoms with Crippen LogP contribution in [0.1, 0.15) is 31.7 Å². The predicted octanol–water partition coefficient (Wildman–Crippen LogP) is 1.97. The molecule has 1 atom stereocenters. The van der Waals surface area contributed by atoms with Crippen molar-refractivity contribution in [1.82, 2.24) is 5.32 Å². The number of halogens is 1. The van der Waals surface area contributed by atoms with Crippen LogP contribution < -0.4 is 5.32 Å². The summed E-state index contributed by atoms with van der Waals surface area (Å²) in [6, 6.07) is 6.22. The quantitative estimate of drug-likeness (QED) is 0.737. The number of sulfone groups is 1. The van der Waals surface area contributed by atoms with Gasteiger partial charge in [0.05, 0.1) is 5.75 Å². The van der Waals surface area contributed by atoms with E-state index in [9.17, 15) is 23.1 Å². The van der Waals surface area contributed by atoms with Crippen molar-refractivity contribution in [3.8, 4) is 0 Å². The average Bonchev–Trinajstić information content (AvgIpc) is 2.44. The summed E-state index contributed by atoms with van der Waals surface area (Å²) in [5.41, 5.74) is -1.15. The maximum Gasteiger partial charge on any atom is 0.334 e. The van der Waals surface area contributed by atoms with Gasteiger partial charge in [-0.2, -0.15) is 0 Å². The summed E-state index contributed by atoms with van der Waals surface area (Å²) >= 11 is 5.81. The number of aliphatic carboxylic acids is 1. The molecule has 0 heterocycles. The van der Waals surface area contributed by atoms with E-state index in [4.69, 9.17) is 11.6 Å². The van der Waals surface area contributed by atoms with Crippen LogP contribution in [-0.4, -0.2) is 37.4 Å². The molecule has 0 aliphatic heterocycles. The Morgan fingerprint density at radius 3 is 2.26 bits per heavy atom. The Kier molecular flexibility index (Phi) is 6.58. The Bertz CT molecular complexity index is 672. The molecule has 2 N–H and O–H groups in total. The Morgan fingerprint density at radius 1 is 1.26 bits per heavy atom. The van der Waals surface area contributed by atoms with Crippen molar-refractivity contribution in [3.63, 3.8) is 0 Å². The molecule has 128 valence electrons. The number of hydrogen-bond donors (Lipinski definition) is 2. The highest BCUT2D eigenvalue weighted by atomic mass is 35.5. The van der Waals surface area contributed by atoms with Crippen LogP contribution in [0.5, 0.6) is 0 Å². The van der Waals surface area contributed by atoms with E-state index in [0.717, 1.165) is 6.26 Å². The number of benzene rings is 1. The highest BCUT2D eigenvalue weighted by Gasteiger charge is 2.40. The number of carboxylic acids is 1. The zero-order valence-corrected chi connectivity index (χ0v) is 14.6. The van der Waals surface area contributed by atoms with Gasteiger partial charge >= 0.3 is 5.97 Å². The lowest BCUT2D eigenvalue weighted by atomic mass is 9.87. The van der Waals surface area contributed by atoms with Gasteiger partial charge in [0.1, 0.15) is 9.84 Å². The Balaban J connectivity index is 2.93. The van der Waals surface area contributed by atoms with E-state index >= 15 is 0 Å². The predicted molar refractivity (Wildman–Crippen MR) is 88.1 cm³/mol. The molecule has 8 heteroatoms. The second-order valence-corrected chi connectivity index (χ2v) is 8.05. The monoisotopic (exact) mass is 361 g/mol. The minimum Gasteiger partial charge on any atom is -0.479 e. The highest BCUT2D eigenvalue weighted by Crippen LogP contribution is 2.27. The van der Waals surface area contributed by atoms with E-state index in [-0.39, 0.29) is 25.0 Å². The maximum atomic E-state index is 12.1. The fourth-order valence-corrected chi connectivity index (χ4v) is 3.02. The van der Waals surface area contributed by atoms with Crippen LogP contribution in [0.2, 0.25) is 5.02 Å². The van der Waals surface area contributed by atoms with Crippen LogP contribution in [0.3, 0.4) is 0 Å². The van der Waals surface area contributed by atoms with E-state index in [1.54, 1.807) is 31.2 Å². The van der Waals surface area contributed by atoms with Crippen LogP contribution in [0.15, 0.2) is 24.3 Å². The summed E-state index contributed by atoms with van der Waals surface area (Å²) in [7, 11) is -3.15. The topological polar surface area (TPSA) is 101 Å². The molecule has 0 fully saturated rings. The van der Waals surface area contributed by atoms with Gasteiger partial charge in [-0.25, -0.2) is 13.2 Å². The standard InChI is InChI=1S/C15H20ClNO5S/c1-3-15(14(19)20,11-6-8-12(16)9-7-11)17-13(18)5-4-10-23(2,21)22/h6-9H,3-5,10H2,1-2H3,(H,17,18)(H,19,20). The van der Waals surface area contributed by atoms with Gasteiger partial charge in [0.2, 0.25) is 5.91 Å². The third kappa shape index (κ3) is 5.51. The van der Waals surface area contributed by atoms with Gasteiger partial charge < -0.3 is 10.4 Å². The molecule has 1 rings (SSSR count). The van der Waals surface area contributed by atoms with Gasteiger partial charge in [-0.3, -0.25) is 4.79 Å². The van der Waals surface area contributed by atoms with Gasteiger partial charge in [-0.1, -0.05) is 30.7 Å². The number of nitrogens with one attached hydrogen (secondary N) is 1. The van der Waals surface area contributed by atoms with Crippen molar-refractivity contribution < 1.29 is 23.1 Å². The van der Waals surface area contributed by atoms with Gasteiger partial charge in [-0.15, -0.1) is 0 Å². The first-order valence-corrected chi connectivity index (χ1v) is 9.53. The zero-order valence-electron chi connectivity index (χ0n) is 13.0. The summed E-state index contributed by atoms with van der Waals surface area (Å²) in [5, 5.41) is 12.6. The molecule has 1 aromatic carbocycles. The van der Waals surface area contributed by atoms with E-state index in [1.807, 2.05) is 0 Å². The molecule has 0 spiro atoms. The van der Waals surface area contributed by atoms with Crippen LogP contribution in [0.4, 0.5) is 0 Å². The molecular formula is C15H20ClNO5S. The Labute approximate surface area is 140 Å². The summed E-state index contributed by atoms with van der Waals surface area (Å²) in [6.45, 7) is 1.65. The highest BCUT2D eigenvalue weighted by molar-refractivity contribution is 7.90. The van der Waals surface area contributed by atoms with Crippen molar-refractivity contribution in [2.45, 2.75) is 31.7 Å². The SMILES string of the molecule is CCC(NC(=O)CCCS(C)(=O)=O)(C(=O)O)c1ccc(Cl)cc1. The van der Waals surface area contributed by atoms with Crippen molar-refractivity contribution in [3.05, 3.63) is 34.9 Å². The molecule has 0 radical (unpaired) electrons. The molecule has 0 aromatic heterocycles. The number of carbonyl (C=O) groups excluding carboxylic acids is 1. The van der Waals surface area contributed by atoms with Gasteiger partial charge in [0.15, 0.2) is 5.54 Å². The molecule has 0 aliphatic carbocycles. The Hall–Kier alpha value is -1.60. The first kappa shape index (κ1) is 19.4. The minimum atomic E-state index is -3.15. The maximum absolute atomic E-state index is 12.1. The van der Waals surface area contributed by atoms with Crippen molar-refractivity contribution >= 4 is 33.3 Å². The van der Waals surface area contributed by atoms with Crippen LogP contribution in [0, 0.1) is 0 Å². The fraction of sp³-hybridized carbons (Fsp3) is 0.467. The first-order valence-electron chi connectivity index (χ1n) is 7.09. The third-order valence-corrected chi connectivity index (χ3v) is 4.79. The van der Waals surface area contributed by atoms with Crippen molar-refractivity contribution in [2.24, 2.45) is 0 Å². The molecule has 1 aromatic rings. The van der Waals surface area contributed by atoms with Crippen molar-refractivity contribution in [2.75, 3.05) is 12.0 Å². The van der Waals surface area contributed by atoms with Crippen LogP contribution in [0.25, 0.3) is 0 Å². The second-order valence-electron chi connectivity index (χ2n) is 5.35. The molecule has 0 aliphatic rings. The van der Waals surface area contributed by atoms with Crippen LogP contribution in [-0.2, 0) is 25.0 Å². The van der Waals surface area contributed by atoms with Crippen LogP contribution >= 0.6 is 11.6 Å². The molecule has 0 saturated carbocycles. The van der Waals surface area contributed by atoms with Gasteiger partial charge in [0.25, 0.3) is 0 Å². The van der Waals surface area contributed by atoms with E-state index in [2.05, 4.69) is 5.32 Å². The number of amides is 1. The Morgan fingerprint density at radius 2 is 1.83 bits per heavy atom. The normalized spacial score (nSPS) is 14.0. The minimum absolute atomic E-state index is 0.0598. The fourth-order valence-electron chi connectivity index (χ4n) is 2.22. The summed E-state index contributed by atoms with van der Waals surface area (Å²) < 4.78 is 22.2. The molecule has 1 amide bonds. The smallest absolute Gasteiger partial charge is 0.334 e. The summed E-state index contributed by atoms with van der Waals surface area (Å²) in [4.78, 5) is 23.8. The molecule has 0 saturated heterocycles. The van der Waals surface area contributed by atoms with E-state index in [0.29, 0.717) is 10.6 Å². The number of carboxylic acid groups (broad SMARTS) is 1. The molecule has 1 unspecified atom stereocenters. The molecule has 0 bridgehead atoms. The lowest BCUT2D eigenvalue weighted by Gasteiger charge is -2.30. The third-order valence-electron chi connectivity index (χ3n) is 3.50. The van der Waals surface area contributed by atoms with E-state index < -0.39 is 27.3 Å². The van der Waals surface area contributed by atoms with E-state index in [1.165, 1.54) is 0 Å². The van der Waals surface area contributed by atoms with Gasteiger partial charge in [0, 0.05) is 17.7 Å². The molecule has 23 heavy (non-hydrogen) atoms. The second kappa shape index (κ2) is 7.79. The number of hydrogen-bond acceptors (Lipinski definition) is 4. The lowest BCUT2D eigenvalue weighted by Crippen LogP contribution is -2.51. The van der Waals surface area contributed by atoms with Gasteiger partial charge in [-0.05, 0) is 30.5 Å².